The first kappa shape index (κ1) is 26.0. The fourth-order valence-electron chi connectivity index (χ4n) is 3.11. The first-order valence-corrected chi connectivity index (χ1v) is 11.1. The third kappa shape index (κ3) is 6.11. The molecule has 11 heteroatoms. The van der Waals surface area contributed by atoms with Crippen LogP contribution in [0.4, 0.5) is 8.78 Å². The Morgan fingerprint density at radius 3 is 2.51 bits per heavy atom. The Kier molecular flexibility index (Phi) is 7.71. The number of nitrogens with one attached hydrogen (secondary N) is 1. The fraction of sp³-hybridized carbons (Fsp3) is 0.208. The summed E-state index contributed by atoms with van der Waals surface area (Å²) in [6.07, 6.45) is 0. The van der Waals surface area contributed by atoms with Gasteiger partial charge in [-0.05, 0) is 60.1 Å². The number of amides is 2. The monoisotopic (exact) mass is 549 g/mol. The maximum atomic E-state index is 14.0. The van der Waals surface area contributed by atoms with Crippen LogP contribution < -0.4 is 21.3 Å². The highest BCUT2D eigenvalue weighted by atomic mass is 79.9. The Balaban J connectivity index is 2.06. The highest BCUT2D eigenvalue weighted by Crippen LogP contribution is 2.26. The van der Waals surface area contributed by atoms with Gasteiger partial charge >= 0.3 is 0 Å². The lowest BCUT2D eigenvalue weighted by atomic mass is 10.1. The van der Waals surface area contributed by atoms with Gasteiger partial charge in [0.25, 0.3) is 11.5 Å². The Hall–Kier alpha value is -3.57. The first-order chi connectivity index (χ1) is 16.4. The Labute approximate surface area is 207 Å². The lowest BCUT2D eigenvalue weighted by Crippen LogP contribution is -2.42. The predicted octanol–water partition coefficient (Wildman–Crippen LogP) is 2.94. The summed E-state index contributed by atoms with van der Waals surface area (Å²) in [5.74, 6) is -2.90. The van der Waals surface area contributed by atoms with Crippen molar-refractivity contribution >= 4 is 27.7 Å². The van der Waals surface area contributed by atoms with Gasteiger partial charge in [-0.15, -0.1) is 0 Å². The minimum absolute atomic E-state index is 0.0120. The van der Waals surface area contributed by atoms with E-state index in [0.717, 1.165) is 12.1 Å². The van der Waals surface area contributed by atoms with Crippen molar-refractivity contribution in [3.05, 3.63) is 91.8 Å². The molecule has 0 saturated carbocycles. The van der Waals surface area contributed by atoms with Crippen LogP contribution in [0.3, 0.4) is 0 Å². The zero-order valence-electron chi connectivity index (χ0n) is 18.8. The second-order valence-electron chi connectivity index (χ2n) is 8.14. The van der Waals surface area contributed by atoms with Crippen LogP contribution in [0.2, 0.25) is 0 Å². The molecule has 35 heavy (non-hydrogen) atoms. The molecule has 8 nitrogen and oxygen atoms in total. The van der Waals surface area contributed by atoms with E-state index in [-0.39, 0.29) is 45.9 Å². The number of primary amides is 1. The summed E-state index contributed by atoms with van der Waals surface area (Å²) in [5, 5.41) is 12.5. The molecule has 3 aromatic rings. The van der Waals surface area contributed by atoms with Crippen LogP contribution in [0.25, 0.3) is 5.69 Å². The van der Waals surface area contributed by atoms with Gasteiger partial charge in [0, 0.05) is 34.6 Å². The minimum Gasteiger partial charge on any atom is -0.487 e. The number of pyridine rings is 1. The molecule has 1 heterocycles. The Morgan fingerprint density at radius 1 is 1.17 bits per heavy atom. The van der Waals surface area contributed by atoms with E-state index in [4.69, 9.17) is 10.5 Å². The van der Waals surface area contributed by atoms with Gasteiger partial charge < -0.3 is 20.9 Å². The summed E-state index contributed by atoms with van der Waals surface area (Å²) in [5.41, 5.74) is 3.82. The van der Waals surface area contributed by atoms with Gasteiger partial charge in [0.05, 0.1) is 6.54 Å². The van der Waals surface area contributed by atoms with Crippen LogP contribution in [0.15, 0.2) is 57.8 Å². The van der Waals surface area contributed by atoms with Crippen LogP contribution >= 0.6 is 15.9 Å². The molecule has 0 aliphatic rings. The number of halogens is 3. The number of hydrogen-bond donors (Lipinski definition) is 3. The van der Waals surface area contributed by atoms with E-state index in [1.807, 2.05) is 0 Å². The predicted molar refractivity (Wildman–Crippen MR) is 127 cm³/mol. The first-order valence-electron chi connectivity index (χ1n) is 10.3. The summed E-state index contributed by atoms with van der Waals surface area (Å²) in [4.78, 5) is 37.1. The molecule has 0 aliphatic heterocycles. The summed E-state index contributed by atoms with van der Waals surface area (Å²) in [6.45, 7) is 2.10. The number of hydrogen-bond acceptors (Lipinski definition) is 5. The number of aliphatic hydroxyl groups is 1. The number of aromatic nitrogens is 1. The van der Waals surface area contributed by atoms with Gasteiger partial charge in [0.2, 0.25) is 5.91 Å². The number of carbonyl (C=O) groups is 2. The highest BCUT2D eigenvalue weighted by Gasteiger charge is 2.24. The van der Waals surface area contributed by atoms with E-state index in [9.17, 15) is 28.3 Å². The van der Waals surface area contributed by atoms with Gasteiger partial charge in [0.15, 0.2) is 0 Å². The average molecular weight is 550 g/mol. The van der Waals surface area contributed by atoms with Crippen molar-refractivity contribution in [1.82, 2.24) is 9.88 Å². The van der Waals surface area contributed by atoms with Crippen molar-refractivity contribution < 1.29 is 28.2 Å². The van der Waals surface area contributed by atoms with Gasteiger partial charge in [0.1, 0.15) is 34.1 Å². The zero-order valence-corrected chi connectivity index (χ0v) is 20.4. The van der Waals surface area contributed by atoms with Gasteiger partial charge in [-0.2, -0.15) is 0 Å². The molecule has 0 bridgehead atoms. The molecule has 0 atom stereocenters. The number of nitrogens with two attached hydrogens (primary N) is 1. The van der Waals surface area contributed by atoms with E-state index in [1.165, 1.54) is 48.7 Å². The van der Waals surface area contributed by atoms with E-state index in [0.29, 0.717) is 0 Å². The third-order valence-corrected chi connectivity index (χ3v) is 5.69. The molecule has 184 valence electrons. The number of nitrogens with zero attached hydrogens (tertiary/aromatic N) is 1. The van der Waals surface area contributed by atoms with E-state index in [1.54, 1.807) is 6.07 Å². The molecule has 0 aliphatic carbocycles. The maximum Gasteiger partial charge on any atom is 0.273 e. The number of ether oxygens (including phenoxy) is 1. The molecule has 0 unspecified atom stereocenters. The highest BCUT2D eigenvalue weighted by molar-refractivity contribution is 9.10. The summed E-state index contributed by atoms with van der Waals surface area (Å²) < 4.78 is 34.1. The van der Waals surface area contributed by atoms with Crippen LogP contribution in [0, 0.1) is 11.6 Å². The summed E-state index contributed by atoms with van der Waals surface area (Å²) in [7, 11) is 0. The Morgan fingerprint density at radius 2 is 1.89 bits per heavy atom. The lowest BCUT2D eigenvalue weighted by molar-refractivity contribution is -0.136. The number of carbonyl (C=O) groups excluding carboxylic acids is 2. The molecule has 4 N–H and O–H groups in total. The van der Waals surface area contributed by atoms with Gasteiger partial charge in [-0.1, -0.05) is 6.07 Å². The molecular formula is C24H22BrF2N3O5. The van der Waals surface area contributed by atoms with E-state index in [2.05, 4.69) is 21.2 Å². The van der Waals surface area contributed by atoms with Crippen LogP contribution in [0.1, 0.15) is 35.5 Å². The standard InChI is InChI=1S/C24H22BrF2N3O5/c1-24(2,34)23(33)29-11-17-10-19(35-12-14-6-7-15(26)9-18(14)27)20(25)22(32)30(17)16-5-3-4-13(8-16)21(28)31/h3-10,34H,11-12H2,1-2H3,(H2,28,31)(H,29,33). The summed E-state index contributed by atoms with van der Waals surface area (Å²) >= 11 is 3.19. The molecule has 0 fully saturated rings. The smallest absolute Gasteiger partial charge is 0.273 e. The second-order valence-corrected chi connectivity index (χ2v) is 8.93. The lowest BCUT2D eigenvalue weighted by Gasteiger charge is -2.20. The van der Waals surface area contributed by atoms with Crippen molar-refractivity contribution in [3.63, 3.8) is 0 Å². The average Bonchev–Trinajstić information content (AvgIpc) is 2.79. The molecule has 3 rings (SSSR count). The SMILES string of the molecule is CC(C)(O)C(=O)NCc1cc(OCc2ccc(F)cc2F)c(Br)c(=O)n1-c1cccc(C(N)=O)c1. The van der Waals surface area contributed by atoms with Crippen LogP contribution in [-0.2, 0) is 17.9 Å². The van der Waals surface area contributed by atoms with Crippen LogP contribution in [0.5, 0.6) is 5.75 Å². The third-order valence-electron chi connectivity index (χ3n) is 4.96. The molecule has 0 saturated heterocycles. The van der Waals surface area contributed by atoms with E-state index >= 15 is 0 Å². The molecule has 2 amide bonds. The van der Waals surface area contributed by atoms with Crippen molar-refractivity contribution in [2.24, 2.45) is 5.73 Å². The largest absolute Gasteiger partial charge is 0.487 e. The normalized spacial score (nSPS) is 11.3. The Bertz CT molecular complexity index is 1350. The molecule has 0 spiro atoms. The summed E-state index contributed by atoms with van der Waals surface area (Å²) in [6, 6.07) is 10.5. The molecule has 2 aromatic carbocycles. The van der Waals surface area contributed by atoms with Crippen molar-refractivity contribution in [2.45, 2.75) is 32.6 Å². The second kappa shape index (κ2) is 10.4. The topological polar surface area (TPSA) is 124 Å². The van der Waals surface area contributed by atoms with Gasteiger partial charge in [-0.25, -0.2) is 8.78 Å². The van der Waals surface area contributed by atoms with Crippen molar-refractivity contribution in [3.8, 4) is 11.4 Å². The minimum atomic E-state index is -1.67. The van der Waals surface area contributed by atoms with Crippen molar-refractivity contribution in [1.29, 1.82) is 0 Å². The number of rotatable bonds is 8. The molecule has 1 aromatic heterocycles. The molecular weight excluding hydrogens is 528 g/mol. The van der Waals surface area contributed by atoms with E-state index < -0.39 is 34.6 Å². The zero-order chi connectivity index (χ0) is 25.9. The molecule has 0 radical (unpaired) electrons. The number of benzene rings is 2. The fourth-order valence-corrected chi connectivity index (χ4v) is 3.52. The van der Waals surface area contributed by atoms with Crippen molar-refractivity contribution in [2.75, 3.05) is 0 Å². The quantitative estimate of drug-likeness (QED) is 0.398. The van der Waals surface area contributed by atoms with Crippen LogP contribution in [-0.4, -0.2) is 27.1 Å². The maximum absolute atomic E-state index is 14.0. The van der Waals surface area contributed by atoms with Gasteiger partial charge in [-0.3, -0.25) is 19.0 Å².